The largest absolute Gasteiger partial charge is 0.493 e. The standard InChI is InChI=1S/C13H15N3O5/c1-18-9-4-8(5-10(19-2)12(9)20-3)6-14-11-7-21-16-13(17)15-11/h4-6H,7H2,1-3H3,(H,16,17). The van der Waals surface area contributed by atoms with Crippen LogP contribution in [0, 0.1) is 0 Å². The molecule has 0 fully saturated rings. The number of benzene rings is 1. The summed E-state index contributed by atoms with van der Waals surface area (Å²) in [5.41, 5.74) is 2.81. The summed E-state index contributed by atoms with van der Waals surface area (Å²) in [6.07, 6.45) is 1.53. The molecular weight excluding hydrogens is 278 g/mol. The highest BCUT2D eigenvalue weighted by Gasteiger charge is 2.13. The molecule has 0 aliphatic carbocycles. The molecule has 0 saturated carbocycles. The second-order valence-electron chi connectivity index (χ2n) is 3.94. The molecule has 1 aromatic rings. The lowest BCUT2D eigenvalue weighted by Gasteiger charge is -2.13. The lowest BCUT2D eigenvalue weighted by Crippen LogP contribution is -2.30. The molecule has 0 aromatic heterocycles. The van der Waals surface area contributed by atoms with Gasteiger partial charge in [-0.2, -0.15) is 4.99 Å². The van der Waals surface area contributed by atoms with Crippen LogP contribution in [0.5, 0.6) is 17.2 Å². The van der Waals surface area contributed by atoms with E-state index in [-0.39, 0.29) is 12.4 Å². The molecule has 0 atom stereocenters. The van der Waals surface area contributed by atoms with Gasteiger partial charge in [0.05, 0.1) is 21.3 Å². The van der Waals surface area contributed by atoms with Crippen molar-refractivity contribution < 1.29 is 23.8 Å². The number of amides is 2. The van der Waals surface area contributed by atoms with E-state index in [4.69, 9.17) is 19.0 Å². The third kappa shape index (κ3) is 3.48. The predicted octanol–water partition coefficient (Wildman–Crippen LogP) is 1.18. The molecule has 8 nitrogen and oxygen atoms in total. The lowest BCUT2D eigenvalue weighted by molar-refractivity contribution is 0.0856. The van der Waals surface area contributed by atoms with Gasteiger partial charge in [0.2, 0.25) is 5.75 Å². The second kappa shape index (κ2) is 6.71. The van der Waals surface area contributed by atoms with E-state index in [9.17, 15) is 4.79 Å². The maximum atomic E-state index is 11.0. The van der Waals surface area contributed by atoms with Crippen LogP contribution in [0.15, 0.2) is 22.1 Å². The summed E-state index contributed by atoms with van der Waals surface area (Å²) in [4.78, 5) is 23.6. The van der Waals surface area contributed by atoms with Gasteiger partial charge in [0.15, 0.2) is 17.3 Å². The Balaban J connectivity index is 2.30. The van der Waals surface area contributed by atoms with Crippen LogP contribution in [0.2, 0.25) is 0 Å². The average molecular weight is 293 g/mol. The molecule has 0 bridgehead atoms. The molecule has 0 radical (unpaired) electrons. The number of nitrogens with zero attached hydrogens (tertiary/aromatic N) is 2. The first-order chi connectivity index (χ1) is 10.2. The number of hydroxylamine groups is 1. The fourth-order valence-corrected chi connectivity index (χ4v) is 1.73. The smallest absolute Gasteiger partial charge is 0.366 e. The first-order valence-corrected chi connectivity index (χ1v) is 6.01. The number of carbonyl (C=O) groups is 1. The molecule has 1 aliphatic heterocycles. The molecular formula is C13H15N3O5. The highest BCUT2D eigenvalue weighted by atomic mass is 16.7. The number of hydrogen-bond acceptors (Lipinski definition) is 6. The van der Waals surface area contributed by atoms with E-state index in [1.54, 1.807) is 12.1 Å². The molecule has 0 unspecified atom stereocenters. The number of aliphatic imine (C=N–C) groups is 2. The average Bonchev–Trinajstić information content (AvgIpc) is 2.51. The van der Waals surface area contributed by atoms with Crippen molar-refractivity contribution in [3.63, 3.8) is 0 Å². The molecule has 0 spiro atoms. The monoisotopic (exact) mass is 293 g/mol. The molecule has 112 valence electrons. The summed E-state index contributed by atoms with van der Waals surface area (Å²) in [6.45, 7) is 0.104. The Morgan fingerprint density at radius 3 is 2.43 bits per heavy atom. The van der Waals surface area contributed by atoms with Gasteiger partial charge in [0, 0.05) is 11.8 Å². The van der Waals surface area contributed by atoms with Crippen LogP contribution in [-0.4, -0.2) is 46.0 Å². The number of nitrogens with one attached hydrogen (secondary N) is 1. The lowest BCUT2D eigenvalue weighted by atomic mass is 10.2. The summed E-state index contributed by atoms with van der Waals surface area (Å²) >= 11 is 0. The summed E-state index contributed by atoms with van der Waals surface area (Å²) in [5.74, 6) is 1.79. The molecule has 2 amide bonds. The Bertz CT molecular complexity index is 572. The van der Waals surface area contributed by atoms with E-state index >= 15 is 0 Å². The maximum absolute atomic E-state index is 11.0. The number of amidine groups is 1. The first kappa shape index (κ1) is 14.8. The van der Waals surface area contributed by atoms with Gasteiger partial charge in [-0.3, -0.25) is 4.84 Å². The number of ether oxygens (including phenoxy) is 3. The van der Waals surface area contributed by atoms with Crippen LogP contribution in [0.3, 0.4) is 0 Å². The number of urea groups is 1. The minimum atomic E-state index is -0.585. The van der Waals surface area contributed by atoms with Gasteiger partial charge < -0.3 is 14.2 Å². The molecule has 1 aliphatic rings. The quantitative estimate of drug-likeness (QED) is 0.842. The topological polar surface area (TPSA) is 90.7 Å². The van der Waals surface area contributed by atoms with Crippen LogP contribution in [0.25, 0.3) is 0 Å². The summed E-state index contributed by atoms with van der Waals surface area (Å²) in [6, 6.07) is 2.88. The molecule has 1 aromatic carbocycles. The highest BCUT2D eigenvalue weighted by molar-refractivity contribution is 6.01. The van der Waals surface area contributed by atoms with Crippen molar-refractivity contribution in [2.24, 2.45) is 9.98 Å². The zero-order chi connectivity index (χ0) is 15.2. The van der Waals surface area contributed by atoms with Gasteiger partial charge in [0.1, 0.15) is 6.61 Å². The van der Waals surface area contributed by atoms with Gasteiger partial charge in [-0.15, -0.1) is 0 Å². The molecule has 21 heavy (non-hydrogen) atoms. The van der Waals surface area contributed by atoms with Crippen LogP contribution >= 0.6 is 0 Å². The van der Waals surface area contributed by atoms with Gasteiger partial charge >= 0.3 is 6.03 Å². The summed E-state index contributed by atoms with van der Waals surface area (Å²) < 4.78 is 15.7. The molecule has 8 heteroatoms. The fourth-order valence-electron chi connectivity index (χ4n) is 1.73. The van der Waals surface area contributed by atoms with Crippen LogP contribution in [-0.2, 0) is 4.84 Å². The van der Waals surface area contributed by atoms with E-state index < -0.39 is 6.03 Å². The van der Waals surface area contributed by atoms with E-state index in [0.717, 1.165) is 0 Å². The Morgan fingerprint density at radius 1 is 1.24 bits per heavy atom. The minimum Gasteiger partial charge on any atom is -0.493 e. The minimum absolute atomic E-state index is 0.104. The highest BCUT2D eigenvalue weighted by Crippen LogP contribution is 2.37. The molecule has 0 saturated heterocycles. The van der Waals surface area contributed by atoms with E-state index in [1.165, 1.54) is 27.5 Å². The van der Waals surface area contributed by atoms with E-state index in [2.05, 4.69) is 15.5 Å². The van der Waals surface area contributed by atoms with Crippen molar-refractivity contribution in [3.05, 3.63) is 17.7 Å². The zero-order valence-electron chi connectivity index (χ0n) is 11.9. The molecule has 1 heterocycles. The maximum Gasteiger partial charge on any atom is 0.366 e. The van der Waals surface area contributed by atoms with E-state index in [1.807, 2.05) is 0 Å². The van der Waals surface area contributed by atoms with Crippen LogP contribution in [0.4, 0.5) is 4.79 Å². The Kier molecular flexibility index (Phi) is 4.72. The van der Waals surface area contributed by atoms with Crippen LogP contribution in [0.1, 0.15) is 5.56 Å². The Hall–Kier alpha value is -2.61. The second-order valence-corrected chi connectivity index (χ2v) is 3.94. The van der Waals surface area contributed by atoms with Crippen molar-refractivity contribution in [1.82, 2.24) is 5.48 Å². The third-order valence-corrected chi connectivity index (χ3v) is 2.64. The zero-order valence-corrected chi connectivity index (χ0v) is 11.9. The number of carbonyl (C=O) groups excluding carboxylic acids is 1. The van der Waals surface area contributed by atoms with Gasteiger partial charge in [-0.25, -0.2) is 15.3 Å². The van der Waals surface area contributed by atoms with Crippen LogP contribution < -0.4 is 19.7 Å². The fraction of sp³-hybridized carbons (Fsp3) is 0.308. The van der Waals surface area contributed by atoms with Gasteiger partial charge in [-0.05, 0) is 12.1 Å². The summed E-state index contributed by atoms with van der Waals surface area (Å²) in [7, 11) is 4.59. The Morgan fingerprint density at radius 2 is 1.90 bits per heavy atom. The van der Waals surface area contributed by atoms with E-state index in [0.29, 0.717) is 22.8 Å². The van der Waals surface area contributed by atoms with Crippen molar-refractivity contribution in [2.45, 2.75) is 0 Å². The van der Waals surface area contributed by atoms with Crippen molar-refractivity contribution in [3.8, 4) is 17.2 Å². The first-order valence-electron chi connectivity index (χ1n) is 6.01. The SMILES string of the molecule is COc1cc(C=NC2=NC(=O)NOC2)cc(OC)c1OC. The number of rotatable bonds is 4. The predicted molar refractivity (Wildman–Crippen MR) is 75.6 cm³/mol. The normalized spacial score (nSPS) is 14.6. The van der Waals surface area contributed by atoms with Gasteiger partial charge in [-0.1, -0.05) is 0 Å². The van der Waals surface area contributed by atoms with Crippen molar-refractivity contribution in [1.29, 1.82) is 0 Å². The Labute approximate surface area is 121 Å². The molecule has 2 rings (SSSR count). The third-order valence-electron chi connectivity index (χ3n) is 2.64. The number of hydrogen-bond donors (Lipinski definition) is 1. The molecule has 1 N–H and O–H groups in total. The summed E-state index contributed by atoms with van der Waals surface area (Å²) in [5, 5.41) is 0. The number of methoxy groups -OCH3 is 3. The van der Waals surface area contributed by atoms with Crippen molar-refractivity contribution in [2.75, 3.05) is 27.9 Å². The van der Waals surface area contributed by atoms with Gasteiger partial charge in [0.25, 0.3) is 0 Å². The van der Waals surface area contributed by atoms with Crippen molar-refractivity contribution >= 4 is 18.1 Å².